The number of nitrogens with one attached hydrogen (secondary N) is 2. The third kappa shape index (κ3) is 3.83. The fourth-order valence-electron chi connectivity index (χ4n) is 4.96. The second-order valence-corrected chi connectivity index (χ2v) is 10.0. The molecule has 1 fully saturated rings. The first-order valence-corrected chi connectivity index (χ1v) is 12.6. The molecule has 0 radical (unpaired) electrons. The fraction of sp³-hybridized carbons (Fsp3) is 0.148. The van der Waals surface area contributed by atoms with E-state index in [1.807, 2.05) is 0 Å². The average molecular weight is 590 g/mol. The summed E-state index contributed by atoms with van der Waals surface area (Å²) in [5, 5.41) is 4.76. The van der Waals surface area contributed by atoms with Gasteiger partial charge in [0.25, 0.3) is 17.7 Å². The molecular weight excluding hydrogens is 574 g/mol. The topological polar surface area (TPSA) is 160 Å². The van der Waals surface area contributed by atoms with Crippen LogP contribution in [0.25, 0.3) is 0 Å². The molecule has 1 aliphatic carbocycles. The van der Waals surface area contributed by atoms with E-state index in [1.165, 1.54) is 24.3 Å². The van der Waals surface area contributed by atoms with E-state index in [0.29, 0.717) is 10.0 Å². The molecule has 2 N–H and O–H groups in total. The molecule has 39 heavy (non-hydrogen) atoms. The molecule has 5 amide bonds. The van der Waals surface area contributed by atoms with Crippen molar-refractivity contribution in [1.29, 1.82) is 0 Å². The number of hydrogen-bond donors (Lipinski definition) is 2. The summed E-state index contributed by atoms with van der Waals surface area (Å²) in [6.45, 7) is -0.0852. The van der Waals surface area contributed by atoms with Crippen molar-refractivity contribution in [3.63, 3.8) is 0 Å². The Morgan fingerprint density at radius 3 is 2.38 bits per heavy atom. The molecule has 1 aromatic heterocycles. The number of imide groups is 2. The number of hydrogen-bond acceptors (Lipinski definition) is 8. The lowest BCUT2D eigenvalue weighted by molar-refractivity contribution is -0.136. The number of carbonyl (C=O) groups is 7. The van der Waals surface area contributed by atoms with E-state index >= 15 is 0 Å². The van der Waals surface area contributed by atoms with Crippen LogP contribution in [0.15, 0.2) is 51.4 Å². The van der Waals surface area contributed by atoms with Gasteiger partial charge in [0.15, 0.2) is 17.3 Å². The highest BCUT2D eigenvalue weighted by molar-refractivity contribution is 9.10. The number of ketones is 2. The number of rotatable bonds is 4. The van der Waals surface area contributed by atoms with Crippen LogP contribution in [0, 0.1) is 0 Å². The van der Waals surface area contributed by atoms with Crippen LogP contribution in [0.3, 0.4) is 0 Å². The smallest absolute Gasteiger partial charge is 0.287 e. The molecule has 12 heteroatoms. The molecule has 2 aliphatic heterocycles. The maximum absolute atomic E-state index is 13.1. The van der Waals surface area contributed by atoms with E-state index in [4.69, 9.17) is 4.42 Å². The van der Waals surface area contributed by atoms with Crippen molar-refractivity contribution in [3.05, 3.63) is 91.8 Å². The van der Waals surface area contributed by atoms with E-state index in [0.717, 1.165) is 4.90 Å². The van der Waals surface area contributed by atoms with Crippen molar-refractivity contribution in [1.82, 2.24) is 15.5 Å². The van der Waals surface area contributed by atoms with Gasteiger partial charge in [-0.25, -0.2) is 0 Å². The molecule has 0 bridgehead atoms. The van der Waals surface area contributed by atoms with Gasteiger partial charge in [-0.15, -0.1) is 0 Å². The van der Waals surface area contributed by atoms with Crippen LogP contribution in [0.5, 0.6) is 0 Å². The standard InChI is InChI=1S/C27H16BrN3O8/c28-16-8-11(7-14-20(16)27(38)31(26(14)37)17-5-6-19(32)30-24(17)35)10-29-25(36)18-9-15-21(33)12-3-1-2-4-13(12)22(34)23(15)39-18/h1-4,7-9,17H,5-6,10H2,(H,29,36)(H,30,32,35). The number of benzene rings is 2. The van der Waals surface area contributed by atoms with Crippen LogP contribution in [-0.2, 0) is 16.1 Å². The van der Waals surface area contributed by atoms with Crippen molar-refractivity contribution in [3.8, 4) is 0 Å². The average Bonchev–Trinajstić information content (AvgIpc) is 3.47. The highest BCUT2D eigenvalue weighted by atomic mass is 79.9. The van der Waals surface area contributed by atoms with E-state index in [2.05, 4.69) is 26.6 Å². The van der Waals surface area contributed by atoms with Crippen molar-refractivity contribution in [2.45, 2.75) is 25.4 Å². The van der Waals surface area contributed by atoms with Gasteiger partial charge < -0.3 is 9.73 Å². The van der Waals surface area contributed by atoms with E-state index in [1.54, 1.807) is 18.2 Å². The monoisotopic (exact) mass is 589 g/mol. The Hall–Kier alpha value is -4.71. The van der Waals surface area contributed by atoms with Gasteiger partial charge in [0.05, 0.1) is 16.7 Å². The molecule has 2 aromatic carbocycles. The van der Waals surface area contributed by atoms with Gasteiger partial charge in [0, 0.05) is 34.6 Å². The third-order valence-corrected chi connectivity index (χ3v) is 7.46. The molecule has 0 spiro atoms. The molecule has 1 atom stereocenters. The van der Waals surface area contributed by atoms with Crippen molar-refractivity contribution in [2.75, 3.05) is 0 Å². The number of amides is 5. The number of fused-ring (bicyclic) bond motifs is 3. The molecule has 0 saturated carbocycles. The van der Waals surface area contributed by atoms with Gasteiger partial charge in [-0.1, -0.05) is 24.3 Å². The molecule has 194 valence electrons. The first-order valence-electron chi connectivity index (χ1n) is 11.8. The van der Waals surface area contributed by atoms with Gasteiger partial charge >= 0.3 is 0 Å². The zero-order valence-electron chi connectivity index (χ0n) is 19.8. The summed E-state index contributed by atoms with van der Waals surface area (Å²) < 4.78 is 5.76. The van der Waals surface area contributed by atoms with Crippen LogP contribution in [-0.4, -0.2) is 52.0 Å². The van der Waals surface area contributed by atoms with Gasteiger partial charge in [-0.3, -0.25) is 43.8 Å². The number of nitrogens with zero attached hydrogens (tertiary/aromatic N) is 1. The zero-order chi connectivity index (χ0) is 27.6. The third-order valence-electron chi connectivity index (χ3n) is 6.83. The summed E-state index contributed by atoms with van der Waals surface area (Å²) in [4.78, 5) is 89.1. The second-order valence-electron chi connectivity index (χ2n) is 9.19. The van der Waals surface area contributed by atoms with Crippen molar-refractivity contribution >= 4 is 57.0 Å². The Labute approximate surface area is 227 Å². The minimum atomic E-state index is -1.10. The molecular formula is C27H16BrN3O8. The maximum Gasteiger partial charge on any atom is 0.287 e. The molecule has 1 saturated heterocycles. The predicted molar refractivity (Wildman–Crippen MR) is 134 cm³/mol. The fourth-order valence-corrected chi connectivity index (χ4v) is 5.64. The van der Waals surface area contributed by atoms with E-state index in [-0.39, 0.29) is 58.7 Å². The van der Waals surface area contributed by atoms with Crippen LogP contribution in [0.2, 0.25) is 0 Å². The van der Waals surface area contributed by atoms with Crippen LogP contribution in [0.1, 0.15) is 81.7 Å². The molecule has 1 unspecified atom stereocenters. The Kier molecular flexibility index (Phi) is 5.65. The Morgan fingerprint density at radius 2 is 1.67 bits per heavy atom. The summed E-state index contributed by atoms with van der Waals surface area (Å²) in [6.07, 6.45) is 0.0294. The van der Waals surface area contributed by atoms with E-state index in [9.17, 15) is 33.6 Å². The minimum Gasteiger partial charge on any atom is -0.447 e. The number of halogens is 1. The second kappa shape index (κ2) is 8.95. The van der Waals surface area contributed by atoms with Gasteiger partial charge in [-0.05, 0) is 40.0 Å². The Morgan fingerprint density at radius 1 is 0.949 bits per heavy atom. The quantitative estimate of drug-likeness (QED) is 0.342. The zero-order valence-corrected chi connectivity index (χ0v) is 21.4. The number of furan rings is 1. The summed E-state index contributed by atoms with van der Waals surface area (Å²) in [7, 11) is 0. The largest absolute Gasteiger partial charge is 0.447 e. The van der Waals surface area contributed by atoms with Crippen LogP contribution in [0.4, 0.5) is 0 Å². The lowest BCUT2D eigenvalue weighted by Gasteiger charge is -2.27. The summed E-state index contributed by atoms with van der Waals surface area (Å²) in [5.41, 5.74) is 1.01. The van der Waals surface area contributed by atoms with Gasteiger partial charge in [-0.2, -0.15) is 0 Å². The molecule has 6 rings (SSSR count). The predicted octanol–water partition coefficient (Wildman–Crippen LogP) is 2.15. The SMILES string of the molecule is O=C1CCC(N2C(=O)c3cc(CNC(=O)c4cc5c(o4)C(=O)c4ccccc4C5=O)cc(Br)c3C2=O)C(=O)N1. The maximum atomic E-state index is 13.1. The minimum absolute atomic E-state index is 0.00164. The lowest BCUT2D eigenvalue weighted by Crippen LogP contribution is -2.54. The van der Waals surface area contributed by atoms with Crippen molar-refractivity contribution in [2.24, 2.45) is 0 Å². The normalized spacial score (nSPS) is 18.1. The Balaban J connectivity index is 1.21. The number of piperidine rings is 1. The van der Waals surface area contributed by atoms with Gasteiger partial charge in [0.2, 0.25) is 17.6 Å². The molecule has 3 aliphatic rings. The van der Waals surface area contributed by atoms with Crippen LogP contribution < -0.4 is 10.6 Å². The molecule has 3 heterocycles. The molecule has 3 aromatic rings. The summed E-state index contributed by atoms with van der Waals surface area (Å²) in [5.74, 6) is -4.59. The lowest BCUT2D eigenvalue weighted by atomic mass is 9.89. The van der Waals surface area contributed by atoms with Crippen molar-refractivity contribution < 1.29 is 38.0 Å². The Bertz CT molecular complexity index is 1650. The number of carbonyl (C=O) groups excluding carboxylic acids is 7. The molecule has 11 nitrogen and oxygen atoms in total. The highest BCUT2D eigenvalue weighted by Gasteiger charge is 2.45. The highest BCUT2D eigenvalue weighted by Crippen LogP contribution is 2.34. The first kappa shape index (κ1) is 24.6. The summed E-state index contributed by atoms with van der Waals surface area (Å²) >= 11 is 3.30. The van der Waals surface area contributed by atoms with Crippen LogP contribution >= 0.6 is 15.9 Å². The van der Waals surface area contributed by atoms with Gasteiger partial charge in [0.1, 0.15) is 6.04 Å². The first-order chi connectivity index (χ1) is 18.7. The van der Waals surface area contributed by atoms with E-state index < -0.39 is 47.1 Å². The summed E-state index contributed by atoms with van der Waals surface area (Å²) in [6, 6.07) is 9.41.